The molecular formula is C26H31F2N5O4. The van der Waals surface area contributed by atoms with Gasteiger partial charge in [-0.25, -0.2) is 9.48 Å². The van der Waals surface area contributed by atoms with Crippen molar-refractivity contribution < 1.29 is 27.8 Å². The van der Waals surface area contributed by atoms with Crippen LogP contribution < -0.4 is 25.4 Å². The molecule has 1 fully saturated rings. The zero-order valence-corrected chi connectivity index (χ0v) is 20.8. The summed E-state index contributed by atoms with van der Waals surface area (Å²) in [5.41, 5.74) is 2.58. The molecule has 0 radical (unpaired) electrons. The van der Waals surface area contributed by atoms with E-state index in [1.54, 1.807) is 16.8 Å². The fourth-order valence-corrected chi connectivity index (χ4v) is 4.13. The topological polar surface area (TPSA) is 98.7 Å². The number of nitrogens with one attached hydrogen (secondary N) is 3. The van der Waals surface area contributed by atoms with Crippen molar-refractivity contribution in [3.05, 3.63) is 65.2 Å². The molecule has 4 rings (SSSR count). The van der Waals surface area contributed by atoms with Crippen LogP contribution >= 0.6 is 0 Å². The van der Waals surface area contributed by atoms with Gasteiger partial charge < -0.3 is 24.8 Å². The van der Waals surface area contributed by atoms with Crippen molar-refractivity contribution >= 4 is 11.8 Å². The summed E-state index contributed by atoms with van der Waals surface area (Å²) in [5, 5.41) is 13.5. The van der Waals surface area contributed by atoms with Gasteiger partial charge in [0.15, 0.2) is 0 Å². The molecule has 3 aromatic rings. The molecule has 0 spiro atoms. The van der Waals surface area contributed by atoms with E-state index in [4.69, 9.17) is 9.47 Å². The molecule has 1 atom stereocenters. The zero-order chi connectivity index (χ0) is 26.2. The van der Waals surface area contributed by atoms with Gasteiger partial charge in [-0.3, -0.25) is 5.32 Å². The van der Waals surface area contributed by atoms with E-state index >= 15 is 0 Å². The van der Waals surface area contributed by atoms with E-state index in [0.29, 0.717) is 42.0 Å². The zero-order valence-electron chi connectivity index (χ0n) is 20.8. The number of methoxy groups -OCH3 is 1. The number of para-hydroxylation sites is 1. The third kappa shape index (κ3) is 6.95. The fourth-order valence-electron chi connectivity index (χ4n) is 4.13. The molecule has 2 heterocycles. The Morgan fingerprint density at radius 2 is 2.05 bits per heavy atom. The number of nitrogens with zero attached hydrogens (tertiary/aromatic N) is 2. The van der Waals surface area contributed by atoms with Gasteiger partial charge in [0.1, 0.15) is 11.6 Å². The van der Waals surface area contributed by atoms with Gasteiger partial charge in [0.25, 0.3) is 0 Å². The van der Waals surface area contributed by atoms with E-state index in [2.05, 4.69) is 25.8 Å². The number of benzene rings is 2. The third-order valence-corrected chi connectivity index (χ3v) is 6.02. The molecule has 1 aliphatic heterocycles. The van der Waals surface area contributed by atoms with E-state index in [-0.39, 0.29) is 12.3 Å². The fraction of sp³-hybridized carbons (Fsp3) is 0.385. The summed E-state index contributed by atoms with van der Waals surface area (Å²) in [6, 6.07) is 13.6. The summed E-state index contributed by atoms with van der Waals surface area (Å²) < 4.78 is 43.1. The Kier molecular flexibility index (Phi) is 8.91. The number of carbonyl (C=O) groups is 1. The second kappa shape index (κ2) is 12.5. The lowest BCUT2D eigenvalue weighted by Gasteiger charge is -2.14. The Morgan fingerprint density at radius 1 is 1.24 bits per heavy atom. The standard InChI is InChI=1S/C26H31F2N5O4/c1-17-23(31-26(34)30-14-20-12-18(15-35-2)8-9-22(20)37-25(27)28)33(21-6-4-3-5-7-21)32-24(17)36-16-19-10-11-29-13-19/h3-9,12,19,25,29H,10-11,13-16H2,1-2H3,(H2,30,31,34). The van der Waals surface area contributed by atoms with Gasteiger partial charge in [0.05, 0.1) is 24.5 Å². The highest BCUT2D eigenvalue weighted by Gasteiger charge is 2.22. The second-order valence-corrected chi connectivity index (χ2v) is 8.76. The highest BCUT2D eigenvalue weighted by atomic mass is 19.3. The minimum Gasteiger partial charge on any atom is -0.476 e. The first-order chi connectivity index (χ1) is 17.9. The smallest absolute Gasteiger partial charge is 0.387 e. The molecule has 0 saturated carbocycles. The van der Waals surface area contributed by atoms with Crippen molar-refractivity contribution in [1.29, 1.82) is 0 Å². The van der Waals surface area contributed by atoms with E-state index < -0.39 is 12.6 Å². The molecule has 2 aromatic carbocycles. The molecule has 11 heteroatoms. The summed E-state index contributed by atoms with van der Waals surface area (Å²) in [6.07, 6.45) is 1.04. The number of anilines is 1. The number of halogens is 2. The van der Waals surface area contributed by atoms with Crippen molar-refractivity contribution in [2.75, 3.05) is 32.1 Å². The van der Waals surface area contributed by atoms with Crippen molar-refractivity contribution in [2.45, 2.75) is 33.1 Å². The van der Waals surface area contributed by atoms with Crippen molar-refractivity contribution in [3.63, 3.8) is 0 Å². The van der Waals surface area contributed by atoms with Gasteiger partial charge in [0, 0.05) is 31.7 Å². The second-order valence-electron chi connectivity index (χ2n) is 8.76. The normalized spacial score (nSPS) is 15.1. The van der Waals surface area contributed by atoms with Crippen LogP contribution in [0.2, 0.25) is 0 Å². The van der Waals surface area contributed by atoms with Crippen molar-refractivity contribution in [1.82, 2.24) is 20.4 Å². The first kappa shape index (κ1) is 26.4. The Labute approximate surface area is 214 Å². The maximum Gasteiger partial charge on any atom is 0.387 e. The summed E-state index contributed by atoms with van der Waals surface area (Å²) in [6.45, 7) is 1.49. The third-order valence-electron chi connectivity index (χ3n) is 6.02. The van der Waals surface area contributed by atoms with Crippen LogP contribution in [0.25, 0.3) is 5.69 Å². The minimum absolute atomic E-state index is 0.0160. The van der Waals surface area contributed by atoms with Crippen LogP contribution in [-0.4, -0.2) is 49.2 Å². The van der Waals surface area contributed by atoms with Crippen molar-refractivity contribution in [2.24, 2.45) is 5.92 Å². The number of rotatable bonds is 11. The Hall–Kier alpha value is -3.70. The Balaban J connectivity index is 1.50. The van der Waals surface area contributed by atoms with Crippen LogP contribution in [0.1, 0.15) is 23.1 Å². The van der Waals surface area contributed by atoms with Crippen LogP contribution in [0.4, 0.5) is 19.4 Å². The van der Waals surface area contributed by atoms with E-state index in [9.17, 15) is 13.6 Å². The first-order valence-corrected chi connectivity index (χ1v) is 12.0. The predicted octanol–water partition coefficient (Wildman–Crippen LogP) is 4.24. The summed E-state index contributed by atoms with van der Waals surface area (Å²) in [4.78, 5) is 12.9. The number of amides is 2. The molecule has 3 N–H and O–H groups in total. The lowest BCUT2D eigenvalue weighted by atomic mass is 10.1. The molecule has 1 saturated heterocycles. The van der Waals surface area contributed by atoms with Gasteiger partial charge in [-0.15, -0.1) is 5.10 Å². The molecule has 198 valence electrons. The molecule has 9 nitrogen and oxygen atoms in total. The monoisotopic (exact) mass is 515 g/mol. The lowest BCUT2D eigenvalue weighted by molar-refractivity contribution is -0.0504. The first-order valence-electron chi connectivity index (χ1n) is 12.0. The Morgan fingerprint density at radius 3 is 2.76 bits per heavy atom. The van der Waals surface area contributed by atoms with Gasteiger partial charge in [-0.1, -0.05) is 24.3 Å². The predicted molar refractivity (Wildman–Crippen MR) is 134 cm³/mol. The van der Waals surface area contributed by atoms with E-state index in [0.717, 1.165) is 30.8 Å². The quantitative estimate of drug-likeness (QED) is 0.353. The lowest BCUT2D eigenvalue weighted by Crippen LogP contribution is -2.29. The highest BCUT2D eigenvalue weighted by Crippen LogP contribution is 2.29. The summed E-state index contributed by atoms with van der Waals surface area (Å²) in [5.74, 6) is 1.27. The summed E-state index contributed by atoms with van der Waals surface area (Å²) in [7, 11) is 1.54. The molecule has 1 unspecified atom stereocenters. The Bertz CT molecular complexity index is 1180. The highest BCUT2D eigenvalue weighted by molar-refractivity contribution is 5.89. The van der Waals surface area contributed by atoms with Crippen molar-refractivity contribution in [3.8, 4) is 17.3 Å². The number of hydrogen-bond donors (Lipinski definition) is 3. The van der Waals surface area contributed by atoms with Crippen LogP contribution in [0, 0.1) is 12.8 Å². The number of hydrogen-bond acceptors (Lipinski definition) is 6. The van der Waals surface area contributed by atoms with Gasteiger partial charge >= 0.3 is 12.6 Å². The molecule has 1 aromatic heterocycles. The average molecular weight is 516 g/mol. The van der Waals surface area contributed by atoms with E-state index in [1.165, 1.54) is 13.2 Å². The van der Waals surface area contributed by atoms with E-state index in [1.807, 2.05) is 37.3 Å². The van der Waals surface area contributed by atoms with Gasteiger partial charge in [0.2, 0.25) is 5.88 Å². The number of aromatic nitrogens is 2. The van der Waals surface area contributed by atoms with Crippen LogP contribution in [0.15, 0.2) is 48.5 Å². The van der Waals surface area contributed by atoms with Crippen LogP contribution in [0.3, 0.4) is 0 Å². The maximum absolute atomic E-state index is 12.9. The molecule has 1 aliphatic rings. The minimum atomic E-state index is -2.98. The molecule has 0 bridgehead atoms. The number of ether oxygens (including phenoxy) is 3. The number of urea groups is 1. The average Bonchev–Trinajstić information content (AvgIpc) is 3.51. The number of carbonyl (C=O) groups excluding carboxylic acids is 1. The van der Waals surface area contributed by atoms with Gasteiger partial charge in [-0.05, 0) is 49.7 Å². The van der Waals surface area contributed by atoms with Crippen LogP contribution in [-0.2, 0) is 17.9 Å². The largest absolute Gasteiger partial charge is 0.476 e. The molecule has 0 aliphatic carbocycles. The van der Waals surface area contributed by atoms with Gasteiger partial charge in [-0.2, -0.15) is 8.78 Å². The number of alkyl halides is 2. The summed E-state index contributed by atoms with van der Waals surface area (Å²) >= 11 is 0. The molecular weight excluding hydrogens is 484 g/mol. The maximum atomic E-state index is 12.9. The van der Waals surface area contributed by atoms with Crippen LogP contribution in [0.5, 0.6) is 11.6 Å². The SMILES string of the molecule is COCc1ccc(OC(F)F)c(CNC(=O)Nc2c(C)c(OCC3CCNC3)nn2-c2ccccc2)c1. The molecule has 2 amide bonds. The molecule has 37 heavy (non-hydrogen) atoms.